The van der Waals surface area contributed by atoms with E-state index in [-0.39, 0.29) is 11.7 Å². The van der Waals surface area contributed by atoms with Crippen molar-refractivity contribution in [2.75, 3.05) is 6.54 Å². The fraction of sp³-hybridized carbons (Fsp3) is 0.167. The molecule has 0 saturated carbocycles. The standard InChI is InChI=1S/C18H17NO2/c20-17-8-7-15-10-11-19(13-16(15)12-17)18(21)9-6-14-4-2-1-3-5-14/h1-9,12,20H,10-11,13H2. The van der Waals surface area contributed by atoms with Crippen molar-refractivity contribution in [3.8, 4) is 5.75 Å². The lowest BCUT2D eigenvalue weighted by Crippen LogP contribution is -2.34. The Balaban J connectivity index is 1.71. The number of phenolic OH excluding ortho intramolecular Hbond substituents is 1. The summed E-state index contributed by atoms with van der Waals surface area (Å²) in [7, 11) is 0. The highest BCUT2D eigenvalue weighted by Crippen LogP contribution is 2.23. The molecule has 106 valence electrons. The summed E-state index contributed by atoms with van der Waals surface area (Å²) in [5, 5.41) is 9.55. The van der Waals surface area contributed by atoms with Crippen molar-refractivity contribution in [1.82, 2.24) is 4.90 Å². The van der Waals surface area contributed by atoms with E-state index in [0.717, 1.165) is 24.1 Å². The molecule has 0 radical (unpaired) electrons. The van der Waals surface area contributed by atoms with Gasteiger partial charge in [-0.05, 0) is 41.3 Å². The lowest BCUT2D eigenvalue weighted by molar-refractivity contribution is -0.126. The third-order valence-corrected chi connectivity index (χ3v) is 3.73. The Bertz CT molecular complexity index is 677. The molecular weight excluding hydrogens is 262 g/mol. The van der Waals surface area contributed by atoms with E-state index in [1.54, 1.807) is 23.1 Å². The molecule has 2 aromatic carbocycles. The zero-order valence-electron chi connectivity index (χ0n) is 11.7. The van der Waals surface area contributed by atoms with E-state index in [4.69, 9.17) is 0 Å². The van der Waals surface area contributed by atoms with Gasteiger partial charge in [-0.15, -0.1) is 0 Å². The van der Waals surface area contributed by atoms with Gasteiger partial charge < -0.3 is 10.0 Å². The second-order valence-electron chi connectivity index (χ2n) is 5.21. The van der Waals surface area contributed by atoms with E-state index < -0.39 is 0 Å². The highest BCUT2D eigenvalue weighted by Gasteiger charge is 2.19. The molecule has 2 aromatic rings. The predicted molar refractivity (Wildman–Crippen MR) is 82.7 cm³/mol. The third-order valence-electron chi connectivity index (χ3n) is 3.73. The smallest absolute Gasteiger partial charge is 0.246 e. The van der Waals surface area contributed by atoms with Crippen LogP contribution in [0.3, 0.4) is 0 Å². The molecule has 21 heavy (non-hydrogen) atoms. The number of nitrogens with zero attached hydrogens (tertiary/aromatic N) is 1. The van der Waals surface area contributed by atoms with Gasteiger partial charge in [0.25, 0.3) is 0 Å². The molecule has 0 atom stereocenters. The van der Waals surface area contributed by atoms with Gasteiger partial charge in [-0.1, -0.05) is 36.4 Å². The van der Waals surface area contributed by atoms with Crippen molar-refractivity contribution in [2.24, 2.45) is 0 Å². The van der Waals surface area contributed by atoms with Gasteiger partial charge in [0.1, 0.15) is 5.75 Å². The zero-order chi connectivity index (χ0) is 14.7. The van der Waals surface area contributed by atoms with Gasteiger partial charge in [-0.3, -0.25) is 4.79 Å². The Morgan fingerprint density at radius 1 is 1.10 bits per heavy atom. The number of fused-ring (bicyclic) bond motifs is 1. The van der Waals surface area contributed by atoms with Crippen LogP contribution in [0.5, 0.6) is 5.75 Å². The molecule has 0 unspecified atom stereocenters. The van der Waals surface area contributed by atoms with Gasteiger partial charge in [0.05, 0.1) is 0 Å². The van der Waals surface area contributed by atoms with Crippen molar-refractivity contribution in [2.45, 2.75) is 13.0 Å². The number of benzene rings is 2. The van der Waals surface area contributed by atoms with E-state index in [1.807, 2.05) is 42.5 Å². The third kappa shape index (κ3) is 3.14. The van der Waals surface area contributed by atoms with Gasteiger partial charge >= 0.3 is 0 Å². The number of aromatic hydroxyl groups is 1. The van der Waals surface area contributed by atoms with Gasteiger partial charge in [-0.25, -0.2) is 0 Å². The van der Waals surface area contributed by atoms with Crippen molar-refractivity contribution in [1.29, 1.82) is 0 Å². The van der Waals surface area contributed by atoms with Gasteiger partial charge in [0, 0.05) is 19.2 Å². The lowest BCUT2D eigenvalue weighted by atomic mass is 9.99. The highest BCUT2D eigenvalue weighted by molar-refractivity contribution is 5.91. The van der Waals surface area contributed by atoms with Crippen LogP contribution in [-0.2, 0) is 17.8 Å². The number of hydrogen-bond acceptors (Lipinski definition) is 2. The van der Waals surface area contributed by atoms with Crippen molar-refractivity contribution in [3.63, 3.8) is 0 Å². The molecule has 0 aromatic heterocycles. The first-order valence-corrected chi connectivity index (χ1v) is 7.05. The van der Waals surface area contributed by atoms with Gasteiger partial charge in [0.15, 0.2) is 0 Å². The Morgan fingerprint density at radius 2 is 1.90 bits per heavy atom. The molecule has 0 bridgehead atoms. The number of rotatable bonds is 2. The second kappa shape index (κ2) is 5.83. The van der Waals surface area contributed by atoms with Crippen LogP contribution in [0.2, 0.25) is 0 Å². The number of amides is 1. The van der Waals surface area contributed by atoms with Crippen LogP contribution in [-0.4, -0.2) is 22.5 Å². The lowest BCUT2D eigenvalue weighted by Gasteiger charge is -2.28. The molecule has 3 heteroatoms. The molecule has 3 rings (SSSR count). The molecule has 3 nitrogen and oxygen atoms in total. The predicted octanol–water partition coefficient (Wildman–Crippen LogP) is 2.99. The summed E-state index contributed by atoms with van der Waals surface area (Å²) in [5.74, 6) is 0.260. The fourth-order valence-corrected chi connectivity index (χ4v) is 2.57. The van der Waals surface area contributed by atoms with E-state index >= 15 is 0 Å². The molecule has 1 N–H and O–H groups in total. The summed E-state index contributed by atoms with van der Waals surface area (Å²) < 4.78 is 0. The van der Waals surface area contributed by atoms with Crippen LogP contribution in [0.1, 0.15) is 16.7 Å². The normalized spacial score (nSPS) is 14.2. The van der Waals surface area contributed by atoms with Crippen molar-refractivity contribution >= 4 is 12.0 Å². The van der Waals surface area contributed by atoms with Crippen molar-refractivity contribution in [3.05, 3.63) is 71.3 Å². The first-order chi connectivity index (χ1) is 10.2. The summed E-state index contributed by atoms with van der Waals surface area (Å²) in [6.45, 7) is 1.28. The minimum Gasteiger partial charge on any atom is -0.508 e. The number of hydrogen-bond donors (Lipinski definition) is 1. The quantitative estimate of drug-likeness (QED) is 0.859. The first-order valence-electron chi connectivity index (χ1n) is 7.05. The average molecular weight is 279 g/mol. The molecule has 0 spiro atoms. The molecular formula is C18H17NO2. The molecule has 0 aliphatic carbocycles. The monoisotopic (exact) mass is 279 g/mol. The Labute approximate surface area is 124 Å². The molecule has 1 heterocycles. The minimum absolute atomic E-state index is 0.00726. The average Bonchev–Trinajstić information content (AvgIpc) is 2.53. The topological polar surface area (TPSA) is 40.5 Å². The molecule has 1 amide bonds. The van der Waals surface area contributed by atoms with E-state index in [0.29, 0.717) is 6.54 Å². The van der Waals surface area contributed by atoms with E-state index in [1.165, 1.54) is 5.56 Å². The Morgan fingerprint density at radius 3 is 2.71 bits per heavy atom. The zero-order valence-corrected chi connectivity index (χ0v) is 11.7. The van der Waals surface area contributed by atoms with Crippen LogP contribution >= 0.6 is 0 Å². The maximum atomic E-state index is 12.2. The van der Waals surface area contributed by atoms with Gasteiger partial charge in [-0.2, -0.15) is 0 Å². The number of carbonyl (C=O) groups is 1. The summed E-state index contributed by atoms with van der Waals surface area (Å²) >= 11 is 0. The molecule has 1 aliphatic rings. The SMILES string of the molecule is O=C(C=Cc1ccccc1)N1CCc2ccc(O)cc2C1. The Hall–Kier alpha value is -2.55. The van der Waals surface area contributed by atoms with Gasteiger partial charge in [0.2, 0.25) is 5.91 Å². The van der Waals surface area contributed by atoms with Crippen molar-refractivity contribution < 1.29 is 9.90 Å². The van der Waals surface area contributed by atoms with E-state index in [2.05, 4.69) is 0 Å². The van der Waals surface area contributed by atoms with Crippen LogP contribution in [0.4, 0.5) is 0 Å². The summed E-state index contributed by atoms with van der Waals surface area (Å²) in [6.07, 6.45) is 4.28. The molecule has 0 fully saturated rings. The number of carbonyl (C=O) groups excluding carboxylic acids is 1. The van der Waals surface area contributed by atoms with Crippen LogP contribution in [0.15, 0.2) is 54.6 Å². The fourth-order valence-electron chi connectivity index (χ4n) is 2.57. The van der Waals surface area contributed by atoms with Crippen LogP contribution in [0, 0.1) is 0 Å². The molecule has 0 saturated heterocycles. The molecule has 1 aliphatic heterocycles. The minimum atomic E-state index is 0.00726. The maximum Gasteiger partial charge on any atom is 0.246 e. The van der Waals surface area contributed by atoms with Crippen LogP contribution < -0.4 is 0 Å². The first kappa shape index (κ1) is 13.4. The van der Waals surface area contributed by atoms with Crippen LogP contribution in [0.25, 0.3) is 6.08 Å². The summed E-state index contributed by atoms with van der Waals surface area (Å²) in [5.41, 5.74) is 3.26. The highest BCUT2D eigenvalue weighted by atomic mass is 16.3. The maximum absolute atomic E-state index is 12.2. The Kier molecular flexibility index (Phi) is 3.73. The summed E-state index contributed by atoms with van der Waals surface area (Å²) in [4.78, 5) is 14.0. The number of phenols is 1. The second-order valence-corrected chi connectivity index (χ2v) is 5.21. The summed E-state index contributed by atoms with van der Waals surface area (Å²) in [6, 6.07) is 15.2. The van der Waals surface area contributed by atoms with E-state index in [9.17, 15) is 9.90 Å². The largest absolute Gasteiger partial charge is 0.508 e.